The van der Waals surface area contributed by atoms with Gasteiger partial charge in [0, 0.05) is 18.7 Å². The molecule has 2 aromatic rings. The normalized spacial score (nSPS) is 17.1. The van der Waals surface area contributed by atoms with Crippen LogP contribution in [0.4, 0.5) is 5.69 Å². The highest BCUT2D eigenvalue weighted by atomic mass is 16.4. The van der Waals surface area contributed by atoms with E-state index in [0.717, 1.165) is 16.8 Å². The van der Waals surface area contributed by atoms with Crippen molar-refractivity contribution in [3.63, 3.8) is 0 Å². The number of benzene rings is 2. The summed E-state index contributed by atoms with van der Waals surface area (Å²) in [6.45, 7) is 0.600. The smallest absolute Gasteiger partial charge is 0.326 e. The van der Waals surface area contributed by atoms with E-state index in [1.54, 1.807) is 0 Å². The van der Waals surface area contributed by atoms with Crippen molar-refractivity contribution < 1.29 is 9.90 Å². The molecule has 0 radical (unpaired) electrons. The van der Waals surface area contributed by atoms with Gasteiger partial charge >= 0.3 is 5.97 Å². The Morgan fingerprint density at radius 2 is 1.86 bits per heavy atom. The number of carbonyl (C=O) groups is 1. The molecule has 3 nitrogen and oxygen atoms in total. The minimum atomic E-state index is -0.765. The molecule has 1 heterocycles. The lowest BCUT2D eigenvalue weighted by Gasteiger charge is -2.23. The second-order valence-corrected chi connectivity index (χ2v) is 5.15. The molecule has 0 aliphatic carbocycles. The molecule has 21 heavy (non-hydrogen) atoms. The highest BCUT2D eigenvalue weighted by molar-refractivity contribution is 5.82. The van der Waals surface area contributed by atoms with Gasteiger partial charge in [0.15, 0.2) is 0 Å². The fourth-order valence-electron chi connectivity index (χ4n) is 2.76. The molecule has 2 aromatic carbocycles. The van der Waals surface area contributed by atoms with Crippen LogP contribution < -0.4 is 4.90 Å². The van der Waals surface area contributed by atoms with E-state index in [0.29, 0.717) is 13.0 Å². The van der Waals surface area contributed by atoms with Crippen LogP contribution in [0.15, 0.2) is 60.7 Å². The van der Waals surface area contributed by atoms with Crippen molar-refractivity contribution in [2.45, 2.75) is 12.5 Å². The predicted molar refractivity (Wildman–Crippen MR) is 84.4 cm³/mol. The molecule has 3 rings (SSSR count). The summed E-state index contributed by atoms with van der Waals surface area (Å²) in [6.07, 6.45) is 4.62. The van der Waals surface area contributed by atoms with E-state index in [4.69, 9.17) is 0 Å². The van der Waals surface area contributed by atoms with Crippen LogP contribution in [0.1, 0.15) is 11.1 Å². The number of carboxylic acid groups (broad SMARTS) is 1. The molecule has 0 fully saturated rings. The monoisotopic (exact) mass is 279 g/mol. The molecule has 0 aromatic heterocycles. The fraction of sp³-hybridized carbons (Fsp3) is 0.167. The molecule has 0 bridgehead atoms. The van der Waals surface area contributed by atoms with Gasteiger partial charge in [0.25, 0.3) is 0 Å². The van der Waals surface area contributed by atoms with Crippen LogP contribution in [-0.4, -0.2) is 23.7 Å². The summed E-state index contributed by atoms with van der Waals surface area (Å²) >= 11 is 0. The van der Waals surface area contributed by atoms with Gasteiger partial charge in [-0.15, -0.1) is 0 Å². The maximum atomic E-state index is 11.4. The van der Waals surface area contributed by atoms with Crippen molar-refractivity contribution in [3.05, 3.63) is 71.8 Å². The van der Waals surface area contributed by atoms with Crippen LogP contribution in [-0.2, 0) is 11.2 Å². The van der Waals surface area contributed by atoms with Gasteiger partial charge < -0.3 is 10.0 Å². The van der Waals surface area contributed by atoms with Crippen LogP contribution in [0.2, 0.25) is 0 Å². The summed E-state index contributed by atoms with van der Waals surface area (Å²) in [7, 11) is 0. The van der Waals surface area contributed by atoms with Crippen molar-refractivity contribution >= 4 is 17.7 Å². The Balaban J connectivity index is 1.79. The SMILES string of the molecule is O=C(O)C1Cc2ccccc2N1C/C=C/c1ccccc1. The summed E-state index contributed by atoms with van der Waals surface area (Å²) in [5.74, 6) is -0.765. The van der Waals surface area contributed by atoms with Gasteiger partial charge in [0.1, 0.15) is 6.04 Å². The lowest BCUT2D eigenvalue weighted by Crippen LogP contribution is -2.38. The first-order valence-corrected chi connectivity index (χ1v) is 7.04. The third kappa shape index (κ3) is 2.82. The Bertz CT molecular complexity index is 664. The standard InChI is InChI=1S/C18H17NO2/c20-18(21)17-13-15-10-4-5-11-16(15)19(17)12-6-9-14-7-2-1-3-8-14/h1-11,17H,12-13H2,(H,20,21)/b9-6+. The maximum absolute atomic E-state index is 11.4. The van der Waals surface area contributed by atoms with Gasteiger partial charge in [-0.2, -0.15) is 0 Å². The second kappa shape index (κ2) is 5.83. The first-order valence-electron chi connectivity index (χ1n) is 7.04. The summed E-state index contributed by atoms with van der Waals surface area (Å²) < 4.78 is 0. The zero-order valence-corrected chi connectivity index (χ0v) is 11.6. The molecule has 1 aliphatic rings. The van der Waals surface area contributed by atoms with E-state index in [1.807, 2.05) is 71.6 Å². The number of fused-ring (bicyclic) bond motifs is 1. The van der Waals surface area contributed by atoms with Gasteiger partial charge in [0.05, 0.1) is 0 Å². The zero-order valence-electron chi connectivity index (χ0n) is 11.6. The Kier molecular flexibility index (Phi) is 3.73. The molecule has 106 valence electrons. The van der Waals surface area contributed by atoms with Gasteiger partial charge in [-0.1, -0.05) is 60.7 Å². The van der Waals surface area contributed by atoms with Crippen molar-refractivity contribution in [3.8, 4) is 0 Å². The van der Waals surface area contributed by atoms with Crippen LogP contribution in [0.3, 0.4) is 0 Å². The number of rotatable bonds is 4. The van der Waals surface area contributed by atoms with Crippen LogP contribution in [0.25, 0.3) is 6.08 Å². The number of hydrogen-bond acceptors (Lipinski definition) is 2. The van der Waals surface area contributed by atoms with Gasteiger partial charge in [0.2, 0.25) is 0 Å². The summed E-state index contributed by atoms with van der Waals surface area (Å²) in [4.78, 5) is 13.4. The molecule has 0 saturated carbocycles. The topological polar surface area (TPSA) is 40.5 Å². The van der Waals surface area contributed by atoms with E-state index < -0.39 is 12.0 Å². The van der Waals surface area contributed by atoms with Gasteiger partial charge in [-0.3, -0.25) is 0 Å². The third-order valence-electron chi connectivity index (χ3n) is 3.79. The zero-order chi connectivity index (χ0) is 14.7. The molecule has 1 N–H and O–H groups in total. The first-order chi connectivity index (χ1) is 10.3. The molecular weight excluding hydrogens is 262 g/mol. The van der Waals surface area contributed by atoms with Crippen molar-refractivity contribution in [1.29, 1.82) is 0 Å². The highest BCUT2D eigenvalue weighted by Crippen LogP contribution is 2.31. The maximum Gasteiger partial charge on any atom is 0.326 e. The lowest BCUT2D eigenvalue weighted by molar-refractivity contribution is -0.138. The van der Waals surface area contributed by atoms with Crippen LogP contribution in [0.5, 0.6) is 0 Å². The second-order valence-electron chi connectivity index (χ2n) is 5.15. The lowest BCUT2D eigenvalue weighted by atomic mass is 10.1. The molecule has 1 unspecified atom stereocenters. The minimum absolute atomic E-state index is 0.470. The van der Waals surface area contributed by atoms with Crippen molar-refractivity contribution in [2.24, 2.45) is 0 Å². The molecule has 0 amide bonds. The molecule has 1 atom stereocenters. The van der Waals surface area contributed by atoms with E-state index in [9.17, 15) is 9.90 Å². The number of carboxylic acids is 1. The Hall–Kier alpha value is -2.55. The average molecular weight is 279 g/mol. The number of anilines is 1. The Labute approximate surface area is 124 Å². The van der Waals surface area contributed by atoms with Gasteiger partial charge in [-0.25, -0.2) is 4.79 Å². The minimum Gasteiger partial charge on any atom is -0.480 e. The first kappa shape index (κ1) is 13.4. The van der Waals surface area contributed by atoms with Crippen molar-refractivity contribution in [2.75, 3.05) is 11.4 Å². The number of nitrogens with zero attached hydrogens (tertiary/aromatic N) is 1. The van der Waals surface area contributed by atoms with E-state index in [2.05, 4.69) is 0 Å². The van der Waals surface area contributed by atoms with E-state index >= 15 is 0 Å². The molecule has 1 aliphatic heterocycles. The largest absolute Gasteiger partial charge is 0.480 e. The van der Waals surface area contributed by atoms with E-state index in [-0.39, 0.29) is 0 Å². The molecular formula is C18H17NO2. The molecule has 0 spiro atoms. The molecule has 0 saturated heterocycles. The molecule has 3 heteroatoms. The third-order valence-corrected chi connectivity index (χ3v) is 3.79. The van der Waals surface area contributed by atoms with Crippen LogP contribution in [0, 0.1) is 0 Å². The van der Waals surface area contributed by atoms with Gasteiger partial charge in [-0.05, 0) is 17.2 Å². The van der Waals surface area contributed by atoms with Crippen molar-refractivity contribution in [1.82, 2.24) is 0 Å². The fourth-order valence-corrected chi connectivity index (χ4v) is 2.76. The Morgan fingerprint density at radius 3 is 2.62 bits per heavy atom. The number of aliphatic carboxylic acids is 1. The van der Waals surface area contributed by atoms with E-state index in [1.165, 1.54) is 0 Å². The summed E-state index contributed by atoms with van der Waals surface area (Å²) in [6, 6.07) is 17.5. The quantitative estimate of drug-likeness (QED) is 0.934. The highest BCUT2D eigenvalue weighted by Gasteiger charge is 2.33. The predicted octanol–water partition coefficient (Wildman–Crippen LogP) is 3.22. The Morgan fingerprint density at radius 1 is 1.14 bits per heavy atom. The number of hydrogen-bond donors (Lipinski definition) is 1. The summed E-state index contributed by atoms with van der Waals surface area (Å²) in [5, 5.41) is 9.41. The number of para-hydroxylation sites is 1. The average Bonchev–Trinajstić information content (AvgIpc) is 2.88. The summed E-state index contributed by atoms with van der Waals surface area (Å²) in [5.41, 5.74) is 3.26. The van der Waals surface area contributed by atoms with Crippen LogP contribution >= 0.6 is 0 Å².